The zero-order valence-electron chi connectivity index (χ0n) is 12.0. The number of rotatable bonds is 5. The third-order valence-corrected chi connectivity index (χ3v) is 4.29. The molecule has 1 aliphatic heterocycles. The average molecular weight is 383 g/mol. The molecular weight excluding hydrogens is 368 g/mol. The first-order valence-electron chi connectivity index (χ1n) is 6.79. The number of carbonyl (C=O) groups excluding carboxylic acids is 3. The molecular formula is C15H15BrN2O3S. The van der Waals surface area contributed by atoms with Crippen LogP contribution in [0.2, 0.25) is 0 Å². The number of halogens is 1. The van der Waals surface area contributed by atoms with E-state index >= 15 is 0 Å². The van der Waals surface area contributed by atoms with Gasteiger partial charge in [-0.15, -0.1) is 0 Å². The highest BCUT2D eigenvalue weighted by molar-refractivity contribution is 9.10. The first kappa shape index (κ1) is 16.8. The monoisotopic (exact) mass is 382 g/mol. The lowest BCUT2D eigenvalue weighted by molar-refractivity contribution is -0.129. The fraction of sp³-hybridized carbons (Fsp3) is 0.267. The number of thioether (sulfide) groups is 1. The summed E-state index contributed by atoms with van der Waals surface area (Å²) in [6.07, 6.45) is 2.45. The van der Waals surface area contributed by atoms with Crippen LogP contribution in [0.3, 0.4) is 0 Å². The summed E-state index contributed by atoms with van der Waals surface area (Å²) in [5.41, 5.74) is 0.815. The Kier molecular flexibility index (Phi) is 5.79. The van der Waals surface area contributed by atoms with Crippen LogP contribution in [0.25, 0.3) is 6.08 Å². The molecule has 1 saturated heterocycles. The maximum atomic E-state index is 12.2. The molecule has 7 heteroatoms. The van der Waals surface area contributed by atoms with E-state index in [1.165, 1.54) is 0 Å². The van der Waals surface area contributed by atoms with Gasteiger partial charge in [-0.1, -0.05) is 35.0 Å². The number of nitrogens with one attached hydrogen (secondary N) is 1. The lowest BCUT2D eigenvalue weighted by Crippen LogP contribution is -2.39. The van der Waals surface area contributed by atoms with Crippen molar-refractivity contribution in [1.82, 2.24) is 10.2 Å². The van der Waals surface area contributed by atoms with Crippen molar-refractivity contribution in [1.29, 1.82) is 0 Å². The minimum atomic E-state index is -0.429. The van der Waals surface area contributed by atoms with Gasteiger partial charge in [-0.3, -0.25) is 19.3 Å². The SMILES string of the molecule is CCCNC(=O)CN1C(=O)S/C(=C\c2cccc(Br)c2)C1=O. The van der Waals surface area contributed by atoms with Crippen molar-refractivity contribution in [3.05, 3.63) is 39.2 Å². The van der Waals surface area contributed by atoms with Crippen molar-refractivity contribution in [3.8, 4) is 0 Å². The Bertz CT molecular complexity index is 645. The zero-order chi connectivity index (χ0) is 16.1. The summed E-state index contributed by atoms with van der Waals surface area (Å²) >= 11 is 4.21. The van der Waals surface area contributed by atoms with Crippen LogP contribution in [-0.4, -0.2) is 35.0 Å². The lowest BCUT2D eigenvalue weighted by atomic mass is 10.2. The number of hydrogen-bond donors (Lipinski definition) is 1. The third-order valence-electron chi connectivity index (χ3n) is 2.89. The fourth-order valence-corrected chi connectivity index (χ4v) is 3.10. The summed E-state index contributed by atoms with van der Waals surface area (Å²) in [5, 5.41) is 2.23. The number of amides is 3. The maximum absolute atomic E-state index is 12.2. The molecule has 0 aromatic heterocycles. The van der Waals surface area contributed by atoms with Crippen molar-refractivity contribution in [2.75, 3.05) is 13.1 Å². The summed E-state index contributed by atoms with van der Waals surface area (Å²) < 4.78 is 0.888. The number of benzene rings is 1. The first-order chi connectivity index (χ1) is 10.5. The number of hydrogen-bond acceptors (Lipinski definition) is 4. The number of imide groups is 1. The topological polar surface area (TPSA) is 66.5 Å². The van der Waals surface area contributed by atoms with E-state index in [0.717, 1.165) is 33.1 Å². The lowest BCUT2D eigenvalue weighted by Gasteiger charge is -2.11. The molecule has 0 aliphatic carbocycles. The Morgan fingerprint density at radius 3 is 2.86 bits per heavy atom. The molecule has 0 radical (unpaired) electrons. The molecule has 0 spiro atoms. The van der Waals surface area contributed by atoms with E-state index in [-0.39, 0.29) is 12.5 Å². The summed E-state index contributed by atoms with van der Waals surface area (Å²) in [6.45, 7) is 2.23. The van der Waals surface area contributed by atoms with E-state index in [2.05, 4.69) is 21.2 Å². The van der Waals surface area contributed by atoms with Gasteiger partial charge >= 0.3 is 0 Å². The van der Waals surface area contributed by atoms with Crippen LogP contribution in [0.4, 0.5) is 4.79 Å². The molecule has 1 aromatic rings. The molecule has 1 aliphatic rings. The molecule has 116 valence electrons. The van der Waals surface area contributed by atoms with E-state index < -0.39 is 11.1 Å². The van der Waals surface area contributed by atoms with Crippen LogP contribution in [0.1, 0.15) is 18.9 Å². The highest BCUT2D eigenvalue weighted by Gasteiger charge is 2.36. The molecule has 0 saturated carbocycles. The normalized spacial score (nSPS) is 16.5. The molecule has 2 rings (SSSR count). The summed E-state index contributed by atoms with van der Waals surface area (Å²) in [4.78, 5) is 37.1. The Balaban J connectivity index is 2.10. The minimum absolute atomic E-state index is 0.236. The molecule has 0 unspecified atom stereocenters. The smallest absolute Gasteiger partial charge is 0.294 e. The molecule has 1 aromatic carbocycles. The van der Waals surface area contributed by atoms with Gasteiger partial charge in [0.15, 0.2) is 0 Å². The van der Waals surface area contributed by atoms with E-state index in [0.29, 0.717) is 11.4 Å². The molecule has 1 heterocycles. The van der Waals surface area contributed by atoms with Gasteiger partial charge in [0.2, 0.25) is 5.91 Å². The Morgan fingerprint density at radius 1 is 1.41 bits per heavy atom. The van der Waals surface area contributed by atoms with E-state index in [9.17, 15) is 14.4 Å². The van der Waals surface area contributed by atoms with Crippen molar-refractivity contribution >= 4 is 50.8 Å². The van der Waals surface area contributed by atoms with Crippen molar-refractivity contribution in [2.45, 2.75) is 13.3 Å². The summed E-state index contributed by atoms with van der Waals surface area (Å²) in [6, 6.07) is 7.41. The van der Waals surface area contributed by atoms with Crippen LogP contribution in [-0.2, 0) is 9.59 Å². The van der Waals surface area contributed by atoms with E-state index in [4.69, 9.17) is 0 Å². The maximum Gasteiger partial charge on any atom is 0.294 e. The third kappa shape index (κ3) is 4.20. The van der Waals surface area contributed by atoms with Crippen molar-refractivity contribution < 1.29 is 14.4 Å². The van der Waals surface area contributed by atoms with Gasteiger partial charge in [0.05, 0.1) is 4.91 Å². The van der Waals surface area contributed by atoms with Gasteiger partial charge in [-0.2, -0.15) is 0 Å². The fourth-order valence-electron chi connectivity index (χ4n) is 1.85. The Hall–Kier alpha value is -1.60. The predicted octanol–water partition coefficient (Wildman–Crippen LogP) is 3.01. The molecule has 1 N–H and O–H groups in total. The summed E-state index contributed by atoms with van der Waals surface area (Å²) in [7, 11) is 0. The van der Waals surface area contributed by atoms with Crippen LogP contribution in [0.15, 0.2) is 33.6 Å². The molecule has 5 nitrogen and oxygen atoms in total. The molecule has 1 fully saturated rings. The largest absolute Gasteiger partial charge is 0.355 e. The second kappa shape index (κ2) is 7.60. The van der Waals surface area contributed by atoms with Crippen LogP contribution >= 0.6 is 27.7 Å². The van der Waals surface area contributed by atoms with Gasteiger partial charge in [-0.25, -0.2) is 0 Å². The summed E-state index contributed by atoms with van der Waals surface area (Å²) in [5.74, 6) is -0.755. The van der Waals surface area contributed by atoms with E-state index in [1.54, 1.807) is 6.08 Å². The standard InChI is InChI=1S/C15H15BrN2O3S/c1-2-6-17-13(19)9-18-14(20)12(22-15(18)21)8-10-4-3-5-11(16)7-10/h3-5,7-8H,2,6,9H2,1H3,(H,17,19)/b12-8-. The van der Waals surface area contributed by atoms with Gasteiger partial charge in [0.25, 0.3) is 11.1 Å². The highest BCUT2D eigenvalue weighted by atomic mass is 79.9. The molecule has 22 heavy (non-hydrogen) atoms. The second-order valence-electron chi connectivity index (χ2n) is 4.67. The van der Waals surface area contributed by atoms with Crippen molar-refractivity contribution in [3.63, 3.8) is 0 Å². The Labute approximate surface area is 141 Å². The van der Waals surface area contributed by atoms with Gasteiger partial charge in [-0.05, 0) is 42.0 Å². The quantitative estimate of drug-likeness (QED) is 0.794. The molecule has 0 atom stereocenters. The number of nitrogens with zero attached hydrogens (tertiary/aromatic N) is 1. The van der Waals surface area contributed by atoms with Gasteiger partial charge in [0, 0.05) is 11.0 Å². The molecule has 3 amide bonds. The van der Waals surface area contributed by atoms with Crippen LogP contribution in [0.5, 0.6) is 0 Å². The van der Waals surface area contributed by atoms with Crippen molar-refractivity contribution in [2.24, 2.45) is 0 Å². The first-order valence-corrected chi connectivity index (χ1v) is 8.40. The van der Waals surface area contributed by atoms with Crippen LogP contribution < -0.4 is 5.32 Å². The van der Waals surface area contributed by atoms with Crippen LogP contribution in [0, 0.1) is 0 Å². The average Bonchev–Trinajstić information content (AvgIpc) is 2.73. The zero-order valence-corrected chi connectivity index (χ0v) is 14.4. The second-order valence-corrected chi connectivity index (χ2v) is 6.58. The minimum Gasteiger partial charge on any atom is -0.355 e. The predicted molar refractivity (Wildman–Crippen MR) is 90.1 cm³/mol. The Morgan fingerprint density at radius 2 is 2.18 bits per heavy atom. The van der Waals surface area contributed by atoms with Gasteiger partial charge < -0.3 is 5.32 Å². The van der Waals surface area contributed by atoms with E-state index in [1.807, 2.05) is 31.2 Å². The highest BCUT2D eigenvalue weighted by Crippen LogP contribution is 2.32. The number of carbonyl (C=O) groups is 3. The van der Waals surface area contributed by atoms with Gasteiger partial charge in [0.1, 0.15) is 6.54 Å². The molecule has 0 bridgehead atoms.